The van der Waals surface area contributed by atoms with Crippen molar-refractivity contribution in [2.24, 2.45) is 0 Å². The molecule has 99 valence electrons. The Labute approximate surface area is 115 Å². The molecule has 0 spiro atoms. The van der Waals surface area contributed by atoms with E-state index in [0.29, 0.717) is 11.5 Å². The molecular formula is C16H11FNO2. The Kier molecular flexibility index (Phi) is 3.46. The largest absolute Gasteiger partial charge is 0.486 e. The molecule has 0 bridgehead atoms. The van der Waals surface area contributed by atoms with Gasteiger partial charge in [0.05, 0.1) is 0 Å². The molecule has 0 aliphatic rings. The van der Waals surface area contributed by atoms with Gasteiger partial charge in [0, 0.05) is 11.6 Å². The standard InChI is InChI=1S/C16H11FNO2/c17-13-8-6-12(7-9-13)16-10-15(20-18-16)11-19-14-4-2-1-3-5-14/h2-10H,11H2. The molecule has 0 aliphatic carbocycles. The number of aromatic nitrogens is 1. The lowest BCUT2D eigenvalue weighted by molar-refractivity contribution is 0.249. The lowest BCUT2D eigenvalue weighted by Gasteiger charge is -2.01. The fourth-order valence-corrected chi connectivity index (χ4v) is 1.76. The van der Waals surface area contributed by atoms with Crippen LogP contribution in [0.4, 0.5) is 4.39 Å². The molecule has 1 radical (unpaired) electrons. The second-order valence-electron chi connectivity index (χ2n) is 4.21. The van der Waals surface area contributed by atoms with Crippen molar-refractivity contribution < 1.29 is 13.7 Å². The highest BCUT2D eigenvalue weighted by Gasteiger charge is 2.07. The van der Waals surface area contributed by atoms with E-state index in [1.54, 1.807) is 30.3 Å². The van der Waals surface area contributed by atoms with E-state index in [2.05, 4.69) is 11.2 Å². The van der Waals surface area contributed by atoms with E-state index >= 15 is 0 Å². The normalized spacial score (nSPS) is 10.4. The molecule has 0 fully saturated rings. The van der Waals surface area contributed by atoms with Crippen molar-refractivity contribution in [3.63, 3.8) is 0 Å². The summed E-state index contributed by atoms with van der Waals surface area (Å²) in [6.07, 6.45) is 0. The predicted molar refractivity (Wildman–Crippen MR) is 71.5 cm³/mol. The van der Waals surface area contributed by atoms with Gasteiger partial charge >= 0.3 is 0 Å². The molecule has 0 unspecified atom stereocenters. The Morgan fingerprint density at radius 3 is 2.60 bits per heavy atom. The van der Waals surface area contributed by atoms with Crippen molar-refractivity contribution in [3.05, 3.63) is 72.2 Å². The van der Waals surface area contributed by atoms with Crippen LogP contribution in [0.25, 0.3) is 11.3 Å². The Hall–Kier alpha value is -2.62. The molecule has 3 rings (SSSR count). The van der Waals surface area contributed by atoms with E-state index in [-0.39, 0.29) is 12.4 Å². The van der Waals surface area contributed by atoms with Gasteiger partial charge in [0.25, 0.3) is 0 Å². The van der Waals surface area contributed by atoms with Gasteiger partial charge in [-0.3, -0.25) is 0 Å². The molecule has 0 amide bonds. The number of rotatable bonds is 4. The van der Waals surface area contributed by atoms with Crippen LogP contribution in [0.5, 0.6) is 5.75 Å². The third-order valence-corrected chi connectivity index (χ3v) is 2.77. The SMILES string of the molecule is Fc1ccc(-c2cc(COc3cc[c]cc3)on2)cc1. The number of nitrogens with zero attached hydrogens (tertiary/aromatic N) is 1. The lowest BCUT2D eigenvalue weighted by atomic mass is 10.1. The first-order chi connectivity index (χ1) is 9.81. The second-order valence-corrected chi connectivity index (χ2v) is 4.21. The molecule has 1 aromatic heterocycles. The number of halogens is 1. The Bertz CT molecular complexity index is 677. The van der Waals surface area contributed by atoms with E-state index in [1.807, 2.05) is 12.1 Å². The monoisotopic (exact) mass is 268 g/mol. The zero-order valence-corrected chi connectivity index (χ0v) is 10.5. The molecule has 0 saturated carbocycles. The van der Waals surface area contributed by atoms with Gasteiger partial charge in [0.15, 0.2) is 5.76 Å². The smallest absolute Gasteiger partial charge is 0.174 e. The van der Waals surface area contributed by atoms with Crippen LogP contribution in [-0.2, 0) is 6.61 Å². The van der Waals surface area contributed by atoms with Crippen molar-refractivity contribution in [2.75, 3.05) is 0 Å². The van der Waals surface area contributed by atoms with E-state index < -0.39 is 0 Å². The molecule has 3 aromatic rings. The molecule has 0 saturated heterocycles. The van der Waals surface area contributed by atoms with Crippen LogP contribution in [0.2, 0.25) is 0 Å². The molecule has 20 heavy (non-hydrogen) atoms. The maximum absolute atomic E-state index is 12.8. The van der Waals surface area contributed by atoms with Crippen LogP contribution in [0.3, 0.4) is 0 Å². The second kappa shape index (κ2) is 5.57. The highest BCUT2D eigenvalue weighted by Crippen LogP contribution is 2.20. The van der Waals surface area contributed by atoms with Crippen LogP contribution in [0, 0.1) is 11.9 Å². The predicted octanol–water partition coefficient (Wildman–Crippen LogP) is 3.86. The number of ether oxygens (including phenoxy) is 1. The molecular weight excluding hydrogens is 257 g/mol. The van der Waals surface area contributed by atoms with Crippen molar-refractivity contribution in [1.82, 2.24) is 5.16 Å². The topological polar surface area (TPSA) is 35.3 Å². The first-order valence-electron chi connectivity index (χ1n) is 6.12. The minimum absolute atomic E-state index is 0.276. The first kappa shape index (κ1) is 12.4. The van der Waals surface area contributed by atoms with Gasteiger partial charge in [-0.25, -0.2) is 4.39 Å². The highest BCUT2D eigenvalue weighted by atomic mass is 19.1. The van der Waals surface area contributed by atoms with Gasteiger partial charge in [-0.1, -0.05) is 17.3 Å². The van der Waals surface area contributed by atoms with Crippen LogP contribution >= 0.6 is 0 Å². The quantitative estimate of drug-likeness (QED) is 0.720. The van der Waals surface area contributed by atoms with Gasteiger partial charge in [0.2, 0.25) is 0 Å². The molecule has 1 heterocycles. The summed E-state index contributed by atoms with van der Waals surface area (Å²) >= 11 is 0. The Balaban J connectivity index is 1.69. The third kappa shape index (κ3) is 2.85. The summed E-state index contributed by atoms with van der Waals surface area (Å²) in [6, 6.07) is 18.0. The van der Waals surface area contributed by atoms with Crippen LogP contribution in [-0.4, -0.2) is 5.16 Å². The average Bonchev–Trinajstić information content (AvgIpc) is 2.96. The summed E-state index contributed by atoms with van der Waals surface area (Å²) in [6.45, 7) is 0.290. The maximum atomic E-state index is 12.8. The summed E-state index contributed by atoms with van der Waals surface area (Å²) in [5, 5.41) is 3.94. The lowest BCUT2D eigenvalue weighted by Crippen LogP contribution is -1.92. The van der Waals surface area contributed by atoms with Gasteiger partial charge in [-0.2, -0.15) is 0 Å². The van der Waals surface area contributed by atoms with E-state index in [4.69, 9.17) is 9.26 Å². The Morgan fingerprint density at radius 1 is 1.10 bits per heavy atom. The zero-order valence-electron chi connectivity index (χ0n) is 10.5. The number of benzene rings is 2. The van der Waals surface area contributed by atoms with E-state index in [0.717, 1.165) is 11.3 Å². The summed E-state index contributed by atoms with van der Waals surface area (Å²) < 4.78 is 23.6. The molecule has 0 N–H and O–H groups in total. The Morgan fingerprint density at radius 2 is 1.85 bits per heavy atom. The van der Waals surface area contributed by atoms with E-state index in [9.17, 15) is 4.39 Å². The van der Waals surface area contributed by atoms with Gasteiger partial charge < -0.3 is 9.26 Å². The minimum atomic E-state index is -0.276. The highest BCUT2D eigenvalue weighted by molar-refractivity contribution is 5.58. The summed E-state index contributed by atoms with van der Waals surface area (Å²) in [4.78, 5) is 0. The molecule has 3 nitrogen and oxygen atoms in total. The molecule has 2 aromatic carbocycles. The maximum Gasteiger partial charge on any atom is 0.174 e. The minimum Gasteiger partial charge on any atom is -0.486 e. The van der Waals surface area contributed by atoms with Crippen LogP contribution < -0.4 is 4.74 Å². The van der Waals surface area contributed by atoms with Gasteiger partial charge in [0.1, 0.15) is 23.9 Å². The summed E-state index contributed by atoms with van der Waals surface area (Å²) in [7, 11) is 0. The summed E-state index contributed by atoms with van der Waals surface area (Å²) in [5.41, 5.74) is 1.46. The molecule has 0 atom stereocenters. The van der Waals surface area contributed by atoms with Crippen molar-refractivity contribution in [1.29, 1.82) is 0 Å². The average molecular weight is 268 g/mol. The zero-order chi connectivity index (χ0) is 13.8. The van der Waals surface area contributed by atoms with Crippen molar-refractivity contribution in [3.8, 4) is 17.0 Å². The van der Waals surface area contributed by atoms with Crippen molar-refractivity contribution in [2.45, 2.75) is 6.61 Å². The third-order valence-electron chi connectivity index (χ3n) is 2.77. The number of hydrogen-bond acceptors (Lipinski definition) is 3. The molecule has 4 heteroatoms. The van der Waals surface area contributed by atoms with Crippen LogP contribution in [0.1, 0.15) is 5.76 Å². The van der Waals surface area contributed by atoms with E-state index in [1.165, 1.54) is 12.1 Å². The first-order valence-corrected chi connectivity index (χ1v) is 6.12. The van der Waals surface area contributed by atoms with Crippen molar-refractivity contribution >= 4 is 0 Å². The summed E-state index contributed by atoms with van der Waals surface area (Å²) in [5.74, 6) is 1.07. The van der Waals surface area contributed by atoms with Gasteiger partial charge in [-0.15, -0.1) is 0 Å². The fraction of sp³-hybridized carbons (Fsp3) is 0.0625. The fourth-order valence-electron chi connectivity index (χ4n) is 1.76. The number of hydrogen-bond donors (Lipinski definition) is 0. The van der Waals surface area contributed by atoms with Crippen LogP contribution in [0.15, 0.2) is 59.1 Å². The molecule has 0 aliphatic heterocycles. The van der Waals surface area contributed by atoms with Gasteiger partial charge in [-0.05, 0) is 42.5 Å².